The van der Waals surface area contributed by atoms with Crippen LogP contribution in [-0.2, 0) is 9.59 Å². The Morgan fingerprint density at radius 2 is 0.632 bits per heavy atom. The SMILES string of the molecule is CCCCCCCC/C=C\CCCCCCCC(=O)O.CCCCCCCCCCCCCCCC(=O)O. The molecule has 4 nitrogen and oxygen atoms in total. The van der Waals surface area contributed by atoms with Gasteiger partial charge in [-0.05, 0) is 38.5 Å². The van der Waals surface area contributed by atoms with Crippen LogP contribution in [0.2, 0.25) is 0 Å². The average molecular weight is 539 g/mol. The molecule has 0 saturated carbocycles. The number of aliphatic carboxylic acids is 2. The van der Waals surface area contributed by atoms with E-state index in [1.54, 1.807) is 0 Å². The maximum Gasteiger partial charge on any atom is 0.303 e. The molecule has 0 aromatic heterocycles. The average Bonchev–Trinajstić information content (AvgIpc) is 2.89. The molecular formula is C34H66O4. The maximum absolute atomic E-state index is 10.3. The Bertz CT molecular complexity index is 501. The third-order valence-corrected chi connectivity index (χ3v) is 7.15. The molecule has 0 amide bonds. The van der Waals surface area contributed by atoms with Gasteiger partial charge in [-0.25, -0.2) is 0 Å². The summed E-state index contributed by atoms with van der Waals surface area (Å²) < 4.78 is 0. The fourth-order valence-corrected chi connectivity index (χ4v) is 4.64. The lowest BCUT2D eigenvalue weighted by Gasteiger charge is -2.02. The van der Waals surface area contributed by atoms with Crippen LogP contribution in [0.25, 0.3) is 0 Å². The van der Waals surface area contributed by atoms with Gasteiger partial charge in [0, 0.05) is 12.8 Å². The normalized spacial score (nSPS) is 11.0. The molecule has 0 aromatic rings. The van der Waals surface area contributed by atoms with Crippen molar-refractivity contribution in [2.24, 2.45) is 0 Å². The Labute approximate surface area is 237 Å². The summed E-state index contributed by atoms with van der Waals surface area (Å²) in [4.78, 5) is 20.6. The number of rotatable bonds is 29. The van der Waals surface area contributed by atoms with Crippen molar-refractivity contribution in [2.75, 3.05) is 0 Å². The zero-order valence-corrected chi connectivity index (χ0v) is 25.7. The highest BCUT2D eigenvalue weighted by Crippen LogP contribution is 2.13. The van der Waals surface area contributed by atoms with Gasteiger partial charge in [-0.1, -0.05) is 154 Å². The van der Waals surface area contributed by atoms with Gasteiger partial charge < -0.3 is 10.2 Å². The molecule has 0 spiro atoms. The summed E-state index contributed by atoms with van der Waals surface area (Å²) in [6.45, 7) is 4.52. The number of carbonyl (C=O) groups is 2. The van der Waals surface area contributed by atoms with E-state index in [2.05, 4.69) is 26.0 Å². The molecule has 0 aliphatic carbocycles. The molecule has 0 aliphatic heterocycles. The van der Waals surface area contributed by atoms with Crippen molar-refractivity contribution >= 4 is 11.9 Å². The Morgan fingerprint density at radius 3 is 0.895 bits per heavy atom. The minimum absolute atomic E-state index is 0.332. The molecule has 0 fully saturated rings. The van der Waals surface area contributed by atoms with Crippen LogP contribution >= 0.6 is 0 Å². The standard InChI is InChI=1S/C18H34O2.C16H32O2/c1-2-3-4-5-6-7-8-9-10-11-12-13-14-15-16-17-18(19)20;1-2-3-4-5-6-7-8-9-10-11-12-13-14-15-16(17)18/h9-10H,2-8,11-17H2,1H3,(H,19,20);2-15H2,1H3,(H,17,18)/b10-9-;. The fourth-order valence-electron chi connectivity index (χ4n) is 4.64. The highest BCUT2D eigenvalue weighted by atomic mass is 16.4. The highest BCUT2D eigenvalue weighted by Gasteiger charge is 1.97. The summed E-state index contributed by atoms with van der Waals surface area (Å²) in [5.41, 5.74) is 0. The Balaban J connectivity index is 0. The van der Waals surface area contributed by atoms with Crippen molar-refractivity contribution in [2.45, 2.75) is 194 Å². The van der Waals surface area contributed by atoms with E-state index in [1.165, 1.54) is 141 Å². The molecule has 2 N–H and O–H groups in total. The smallest absolute Gasteiger partial charge is 0.303 e. The van der Waals surface area contributed by atoms with Crippen LogP contribution in [-0.4, -0.2) is 22.2 Å². The fraction of sp³-hybridized carbons (Fsp3) is 0.882. The quantitative estimate of drug-likeness (QED) is 0.0733. The van der Waals surface area contributed by atoms with Crippen LogP contribution in [0.4, 0.5) is 0 Å². The Kier molecular flexibility index (Phi) is 36.5. The van der Waals surface area contributed by atoms with E-state index in [4.69, 9.17) is 10.2 Å². The van der Waals surface area contributed by atoms with Crippen LogP contribution in [0.5, 0.6) is 0 Å². The minimum atomic E-state index is -0.664. The molecule has 0 saturated heterocycles. The molecule has 0 unspecified atom stereocenters. The predicted molar refractivity (Wildman–Crippen MR) is 165 cm³/mol. The van der Waals surface area contributed by atoms with Crippen molar-refractivity contribution in [1.29, 1.82) is 0 Å². The molecule has 0 heterocycles. The van der Waals surface area contributed by atoms with Gasteiger partial charge >= 0.3 is 11.9 Å². The topological polar surface area (TPSA) is 74.6 Å². The van der Waals surface area contributed by atoms with E-state index in [9.17, 15) is 9.59 Å². The number of allylic oxidation sites excluding steroid dienone is 2. The number of hydrogen-bond acceptors (Lipinski definition) is 2. The van der Waals surface area contributed by atoms with Gasteiger partial charge in [-0.2, -0.15) is 0 Å². The van der Waals surface area contributed by atoms with Crippen molar-refractivity contribution < 1.29 is 19.8 Å². The van der Waals surface area contributed by atoms with Crippen LogP contribution in [0, 0.1) is 0 Å². The summed E-state index contributed by atoms with van der Waals surface area (Å²) >= 11 is 0. The van der Waals surface area contributed by atoms with E-state index in [0.29, 0.717) is 12.8 Å². The van der Waals surface area contributed by atoms with E-state index in [1.807, 2.05) is 0 Å². The van der Waals surface area contributed by atoms with Crippen molar-refractivity contribution in [3.63, 3.8) is 0 Å². The second kappa shape index (κ2) is 35.7. The number of carboxylic acids is 2. The van der Waals surface area contributed by atoms with Gasteiger partial charge in [-0.3, -0.25) is 9.59 Å². The third kappa shape index (κ3) is 41.8. The first kappa shape index (κ1) is 38.8. The van der Waals surface area contributed by atoms with Gasteiger partial charge in [0.15, 0.2) is 0 Å². The zero-order chi connectivity index (χ0) is 28.4. The van der Waals surface area contributed by atoms with Crippen molar-refractivity contribution in [1.82, 2.24) is 0 Å². The van der Waals surface area contributed by atoms with Crippen LogP contribution in [0.1, 0.15) is 194 Å². The molecular weight excluding hydrogens is 472 g/mol. The zero-order valence-electron chi connectivity index (χ0n) is 25.7. The first-order valence-electron chi connectivity index (χ1n) is 16.6. The van der Waals surface area contributed by atoms with Gasteiger partial charge in [0.2, 0.25) is 0 Å². The lowest BCUT2D eigenvalue weighted by atomic mass is 10.0. The second-order valence-electron chi connectivity index (χ2n) is 11.1. The van der Waals surface area contributed by atoms with E-state index in [0.717, 1.165) is 25.7 Å². The van der Waals surface area contributed by atoms with Gasteiger partial charge in [-0.15, -0.1) is 0 Å². The Hall–Kier alpha value is -1.32. The van der Waals surface area contributed by atoms with E-state index < -0.39 is 11.9 Å². The summed E-state index contributed by atoms with van der Waals surface area (Å²) in [5.74, 6) is -1.32. The Morgan fingerprint density at radius 1 is 0.395 bits per heavy atom. The van der Waals surface area contributed by atoms with E-state index in [-0.39, 0.29) is 0 Å². The molecule has 4 heteroatoms. The number of carboxylic acid groups (broad SMARTS) is 2. The number of hydrogen-bond donors (Lipinski definition) is 2. The summed E-state index contributed by atoms with van der Waals surface area (Å²) in [6, 6.07) is 0. The highest BCUT2D eigenvalue weighted by molar-refractivity contribution is 5.66. The lowest BCUT2D eigenvalue weighted by Crippen LogP contribution is -1.93. The molecule has 0 rings (SSSR count). The first-order chi connectivity index (χ1) is 18.5. The van der Waals surface area contributed by atoms with Crippen molar-refractivity contribution in [3.8, 4) is 0 Å². The molecule has 0 atom stereocenters. The van der Waals surface area contributed by atoms with E-state index >= 15 is 0 Å². The molecule has 0 bridgehead atoms. The second-order valence-corrected chi connectivity index (χ2v) is 11.1. The predicted octanol–water partition coefficient (Wildman–Crippen LogP) is 11.7. The molecule has 226 valence electrons. The summed E-state index contributed by atoms with van der Waals surface area (Å²) in [7, 11) is 0. The van der Waals surface area contributed by atoms with Gasteiger partial charge in [0.25, 0.3) is 0 Å². The largest absolute Gasteiger partial charge is 0.481 e. The number of unbranched alkanes of at least 4 members (excludes halogenated alkanes) is 23. The van der Waals surface area contributed by atoms with Crippen LogP contribution in [0.3, 0.4) is 0 Å². The van der Waals surface area contributed by atoms with Crippen LogP contribution in [0.15, 0.2) is 12.2 Å². The van der Waals surface area contributed by atoms with Crippen LogP contribution < -0.4 is 0 Å². The summed E-state index contributed by atoms with van der Waals surface area (Å²) in [6.07, 6.45) is 38.5. The lowest BCUT2D eigenvalue weighted by molar-refractivity contribution is -0.138. The minimum Gasteiger partial charge on any atom is -0.481 e. The van der Waals surface area contributed by atoms with Gasteiger partial charge in [0.05, 0.1) is 0 Å². The molecule has 0 aromatic carbocycles. The van der Waals surface area contributed by atoms with Gasteiger partial charge in [0.1, 0.15) is 0 Å². The first-order valence-corrected chi connectivity index (χ1v) is 16.6. The third-order valence-electron chi connectivity index (χ3n) is 7.15. The van der Waals surface area contributed by atoms with Crippen molar-refractivity contribution in [3.05, 3.63) is 12.2 Å². The molecule has 0 radical (unpaired) electrons. The molecule has 38 heavy (non-hydrogen) atoms. The maximum atomic E-state index is 10.3. The monoisotopic (exact) mass is 538 g/mol. The molecule has 0 aliphatic rings. The summed E-state index contributed by atoms with van der Waals surface area (Å²) in [5, 5.41) is 17.0.